The fourth-order valence-corrected chi connectivity index (χ4v) is 3.55. The van der Waals surface area contributed by atoms with Gasteiger partial charge in [-0.2, -0.15) is 0 Å². The zero-order valence-corrected chi connectivity index (χ0v) is 15.3. The minimum atomic E-state index is -0.761. The van der Waals surface area contributed by atoms with Gasteiger partial charge in [0.05, 0.1) is 13.2 Å². The average Bonchev–Trinajstić information content (AvgIpc) is 3.26. The molecule has 0 bridgehead atoms. The van der Waals surface area contributed by atoms with Crippen LogP contribution in [0.4, 0.5) is 23.7 Å². The molecule has 29 heavy (non-hydrogen) atoms. The molecule has 2 N–H and O–H groups in total. The first kappa shape index (κ1) is 18.9. The lowest BCUT2D eigenvalue weighted by Crippen LogP contribution is -2.35. The van der Waals surface area contributed by atoms with Crippen molar-refractivity contribution in [2.45, 2.75) is 18.5 Å². The van der Waals surface area contributed by atoms with E-state index < -0.39 is 35.4 Å². The van der Waals surface area contributed by atoms with E-state index in [1.54, 1.807) is 17.0 Å². The lowest BCUT2D eigenvalue weighted by molar-refractivity contribution is 0.246. The van der Waals surface area contributed by atoms with Gasteiger partial charge in [0.25, 0.3) is 0 Å². The number of amides is 2. The minimum Gasteiger partial charge on any atom is -0.497 e. The Morgan fingerprint density at radius 2 is 1.86 bits per heavy atom. The number of anilines is 1. The number of carbonyl (C=O) groups excluding carboxylic acids is 1. The Morgan fingerprint density at radius 1 is 1.17 bits per heavy atom. The number of rotatable bonds is 4. The molecule has 1 aliphatic heterocycles. The number of methoxy groups -OCH3 is 1. The molecule has 9 heteroatoms. The van der Waals surface area contributed by atoms with Gasteiger partial charge in [-0.05, 0) is 24.3 Å². The van der Waals surface area contributed by atoms with E-state index in [9.17, 15) is 18.0 Å². The largest absolute Gasteiger partial charge is 0.497 e. The highest BCUT2D eigenvalue weighted by Crippen LogP contribution is 2.41. The van der Waals surface area contributed by atoms with E-state index in [1.165, 1.54) is 31.4 Å². The molecule has 3 aromatic rings. The molecule has 1 aromatic heterocycles. The lowest BCUT2D eigenvalue weighted by atomic mass is 9.92. The number of benzene rings is 2. The van der Waals surface area contributed by atoms with E-state index in [4.69, 9.17) is 4.74 Å². The van der Waals surface area contributed by atoms with Crippen LogP contribution in [-0.4, -0.2) is 22.7 Å². The van der Waals surface area contributed by atoms with Gasteiger partial charge >= 0.3 is 6.03 Å². The quantitative estimate of drug-likeness (QED) is 0.694. The van der Waals surface area contributed by atoms with Gasteiger partial charge in [-0.15, -0.1) is 0 Å². The van der Waals surface area contributed by atoms with Gasteiger partial charge in [-0.25, -0.2) is 22.9 Å². The third kappa shape index (κ3) is 3.63. The summed E-state index contributed by atoms with van der Waals surface area (Å²) in [4.78, 5) is 16.7. The molecule has 2 unspecified atom stereocenters. The van der Waals surface area contributed by atoms with Gasteiger partial charge in [0.1, 0.15) is 29.0 Å². The molecule has 2 atom stereocenters. The van der Waals surface area contributed by atoms with Gasteiger partial charge in [0.15, 0.2) is 0 Å². The van der Waals surface area contributed by atoms with Crippen LogP contribution in [0.5, 0.6) is 5.75 Å². The van der Waals surface area contributed by atoms with E-state index in [1.807, 2.05) is 0 Å². The summed E-state index contributed by atoms with van der Waals surface area (Å²) in [7, 11) is 1.32. The van der Waals surface area contributed by atoms with E-state index in [2.05, 4.69) is 15.6 Å². The fourth-order valence-electron chi connectivity index (χ4n) is 3.55. The minimum absolute atomic E-state index is 0.0676. The van der Waals surface area contributed by atoms with Crippen LogP contribution in [0.1, 0.15) is 23.3 Å². The Bertz CT molecular complexity index is 1030. The van der Waals surface area contributed by atoms with Crippen molar-refractivity contribution in [3.8, 4) is 5.75 Å². The fraction of sp³-hybridized carbons (Fsp3) is 0.200. The summed E-state index contributed by atoms with van der Waals surface area (Å²) in [6.45, 7) is 0.247. The number of urea groups is 1. The summed E-state index contributed by atoms with van der Waals surface area (Å²) < 4.78 is 49.0. The monoisotopic (exact) mass is 402 g/mol. The van der Waals surface area contributed by atoms with E-state index in [-0.39, 0.29) is 17.9 Å². The Labute approximate surface area is 164 Å². The molecule has 2 aromatic carbocycles. The number of nitrogens with one attached hydrogen (secondary N) is 2. The predicted molar refractivity (Wildman–Crippen MR) is 99.2 cm³/mol. The van der Waals surface area contributed by atoms with Crippen molar-refractivity contribution in [1.29, 1.82) is 0 Å². The van der Waals surface area contributed by atoms with Crippen molar-refractivity contribution in [2.24, 2.45) is 0 Å². The number of halogens is 3. The molecular formula is C20H17F3N4O2. The molecule has 0 saturated carbocycles. The zero-order chi connectivity index (χ0) is 20.5. The van der Waals surface area contributed by atoms with Crippen molar-refractivity contribution in [3.63, 3.8) is 0 Å². The third-order valence-corrected chi connectivity index (χ3v) is 4.87. The van der Waals surface area contributed by atoms with Crippen LogP contribution in [0, 0.1) is 17.5 Å². The highest BCUT2D eigenvalue weighted by atomic mass is 19.1. The lowest BCUT2D eigenvalue weighted by Gasteiger charge is -2.22. The summed E-state index contributed by atoms with van der Waals surface area (Å²) >= 11 is 0. The van der Waals surface area contributed by atoms with Gasteiger partial charge in [-0.3, -0.25) is 0 Å². The molecule has 150 valence electrons. The van der Waals surface area contributed by atoms with Crippen molar-refractivity contribution >= 4 is 11.7 Å². The zero-order valence-electron chi connectivity index (χ0n) is 15.3. The predicted octanol–water partition coefficient (Wildman–Crippen LogP) is 3.97. The Morgan fingerprint density at radius 3 is 2.52 bits per heavy atom. The van der Waals surface area contributed by atoms with E-state index in [0.717, 1.165) is 12.1 Å². The number of imidazole rings is 1. The molecule has 2 heterocycles. The summed E-state index contributed by atoms with van der Waals surface area (Å²) in [5, 5.41) is 5.30. The van der Waals surface area contributed by atoms with Crippen molar-refractivity contribution in [1.82, 2.24) is 14.9 Å². The third-order valence-electron chi connectivity index (χ3n) is 4.87. The number of fused-ring (bicyclic) bond motifs is 1. The number of ether oxygens (including phenoxy) is 1. The smallest absolute Gasteiger partial charge is 0.319 e. The number of aromatic nitrogens is 2. The molecule has 0 spiro atoms. The van der Waals surface area contributed by atoms with Crippen LogP contribution < -0.4 is 15.4 Å². The maximum atomic E-state index is 14.7. The van der Waals surface area contributed by atoms with Crippen LogP contribution in [0.2, 0.25) is 0 Å². The van der Waals surface area contributed by atoms with Gasteiger partial charge < -0.3 is 19.9 Å². The van der Waals surface area contributed by atoms with Gasteiger partial charge in [-0.1, -0.05) is 0 Å². The van der Waals surface area contributed by atoms with E-state index in [0.29, 0.717) is 11.5 Å². The van der Waals surface area contributed by atoms with Crippen LogP contribution >= 0.6 is 0 Å². The second kappa shape index (κ2) is 7.50. The first-order chi connectivity index (χ1) is 14.0. The summed E-state index contributed by atoms with van der Waals surface area (Å²) in [5.74, 6) is -2.11. The molecule has 0 saturated heterocycles. The Kier molecular flexibility index (Phi) is 4.87. The molecule has 0 radical (unpaired) electrons. The average molecular weight is 402 g/mol. The number of hydrogen-bond acceptors (Lipinski definition) is 3. The van der Waals surface area contributed by atoms with Gasteiger partial charge in [0, 0.05) is 48.2 Å². The van der Waals surface area contributed by atoms with Crippen molar-refractivity contribution in [2.75, 3.05) is 12.4 Å². The maximum Gasteiger partial charge on any atom is 0.319 e. The number of carbonyl (C=O) groups is 1. The Hall–Kier alpha value is -3.49. The van der Waals surface area contributed by atoms with Crippen molar-refractivity contribution in [3.05, 3.63) is 77.6 Å². The maximum absolute atomic E-state index is 14.7. The van der Waals surface area contributed by atoms with Crippen LogP contribution in [0.15, 0.2) is 48.8 Å². The first-order valence-electron chi connectivity index (χ1n) is 8.83. The summed E-state index contributed by atoms with van der Waals surface area (Å²) in [6, 6.07) is 6.09. The normalized spacial score (nSPS) is 17.7. The van der Waals surface area contributed by atoms with Crippen LogP contribution in [0.25, 0.3) is 0 Å². The second-order valence-electron chi connectivity index (χ2n) is 6.63. The molecule has 4 rings (SSSR count). The molecule has 6 nitrogen and oxygen atoms in total. The molecule has 1 aliphatic rings. The number of hydrogen-bond donors (Lipinski definition) is 2. The molecule has 0 fully saturated rings. The summed E-state index contributed by atoms with van der Waals surface area (Å²) in [6.07, 6.45) is 3.24. The van der Waals surface area contributed by atoms with Crippen molar-refractivity contribution < 1.29 is 22.7 Å². The number of nitrogens with zero attached hydrogens (tertiary/aromatic N) is 2. The highest BCUT2D eigenvalue weighted by molar-refractivity contribution is 5.89. The molecular weight excluding hydrogens is 385 g/mol. The molecule has 0 aliphatic carbocycles. The van der Waals surface area contributed by atoms with Crippen LogP contribution in [-0.2, 0) is 6.54 Å². The van der Waals surface area contributed by atoms with E-state index >= 15 is 0 Å². The standard InChI is InChI=1S/C20H17F3N4O2/c1-29-13-8-15(22)17(16(23)9-13)14-10-27-7-6-24-19(27)18(14)26-20(28)25-12-4-2-11(21)3-5-12/h2-9,14,18H,10H2,1H3,(H2,25,26,28). The topological polar surface area (TPSA) is 68.2 Å². The first-order valence-corrected chi connectivity index (χ1v) is 8.83. The molecule has 2 amide bonds. The van der Waals surface area contributed by atoms with Crippen LogP contribution in [0.3, 0.4) is 0 Å². The summed E-state index contributed by atoms with van der Waals surface area (Å²) in [5.41, 5.74) is 0.229. The SMILES string of the molecule is COc1cc(F)c(C2Cn3ccnc3C2NC(=O)Nc2ccc(F)cc2)c(F)c1. The van der Waals surface area contributed by atoms with Gasteiger partial charge in [0.2, 0.25) is 0 Å². The second-order valence-corrected chi connectivity index (χ2v) is 6.63. The Balaban J connectivity index is 1.61. The highest BCUT2D eigenvalue weighted by Gasteiger charge is 2.39.